The van der Waals surface area contributed by atoms with Crippen LogP contribution in [-0.4, -0.2) is 18.2 Å². The van der Waals surface area contributed by atoms with Crippen LogP contribution in [0.25, 0.3) is 6.08 Å². The second kappa shape index (κ2) is 5.81. The summed E-state index contributed by atoms with van der Waals surface area (Å²) in [6.07, 6.45) is 1.17. The van der Waals surface area contributed by atoms with Gasteiger partial charge in [0.1, 0.15) is 5.70 Å². The maximum Gasteiger partial charge on any atom is 0.356 e. The van der Waals surface area contributed by atoms with Crippen molar-refractivity contribution in [1.29, 1.82) is 0 Å². The largest absolute Gasteiger partial charge is 0.504 e. The van der Waals surface area contributed by atoms with Crippen LogP contribution in [0.15, 0.2) is 54.2 Å². The summed E-state index contributed by atoms with van der Waals surface area (Å²) in [6.45, 7) is 0. The van der Waals surface area contributed by atoms with Crippen LogP contribution >= 0.6 is 0 Å². The van der Waals surface area contributed by atoms with Crippen molar-refractivity contribution in [3.8, 4) is 11.5 Å². The molecule has 0 aliphatic carbocycles. The summed E-state index contributed by atoms with van der Waals surface area (Å²) in [5, 5.41) is 12.6. The van der Waals surface area contributed by atoms with Crippen molar-refractivity contribution in [1.82, 2.24) is 5.32 Å². The molecule has 1 saturated heterocycles. The van der Waals surface area contributed by atoms with Crippen LogP contribution in [0.3, 0.4) is 0 Å². The molecule has 2 aromatic carbocycles. The molecule has 2 N–H and O–H groups in total. The molecular formula is C17H15NO4. The number of phenolic OH excluding ortho intramolecular Hbond substituents is 1. The average Bonchev–Trinajstić information content (AvgIpc) is 2.91. The maximum atomic E-state index is 12.0. The lowest BCUT2D eigenvalue weighted by Crippen LogP contribution is -2.12. The Morgan fingerprint density at radius 3 is 2.73 bits per heavy atom. The van der Waals surface area contributed by atoms with Crippen molar-refractivity contribution in [2.24, 2.45) is 0 Å². The Morgan fingerprint density at radius 2 is 2.00 bits per heavy atom. The van der Waals surface area contributed by atoms with Crippen molar-refractivity contribution >= 4 is 12.0 Å². The summed E-state index contributed by atoms with van der Waals surface area (Å²) in [5.41, 5.74) is 1.96. The topological polar surface area (TPSA) is 67.8 Å². The Bertz CT molecular complexity index is 725. The van der Waals surface area contributed by atoms with Crippen LogP contribution in [0.4, 0.5) is 0 Å². The van der Waals surface area contributed by atoms with Gasteiger partial charge in [0.05, 0.1) is 7.11 Å². The fourth-order valence-corrected chi connectivity index (χ4v) is 2.23. The third kappa shape index (κ3) is 2.74. The summed E-state index contributed by atoms with van der Waals surface area (Å²) >= 11 is 0. The Morgan fingerprint density at radius 1 is 1.23 bits per heavy atom. The molecule has 1 atom stereocenters. The van der Waals surface area contributed by atoms with E-state index >= 15 is 0 Å². The highest BCUT2D eigenvalue weighted by atomic mass is 16.6. The molecule has 0 aromatic heterocycles. The number of ether oxygens (including phenoxy) is 2. The van der Waals surface area contributed by atoms with Gasteiger partial charge in [-0.15, -0.1) is 0 Å². The van der Waals surface area contributed by atoms with Crippen LogP contribution in [0, 0.1) is 0 Å². The van der Waals surface area contributed by atoms with E-state index in [1.54, 1.807) is 18.2 Å². The lowest BCUT2D eigenvalue weighted by molar-refractivity contribution is -0.139. The molecule has 0 radical (unpaired) electrons. The number of cyclic esters (lactones) is 1. The third-order valence-corrected chi connectivity index (χ3v) is 3.35. The van der Waals surface area contributed by atoms with Crippen molar-refractivity contribution in [2.75, 3.05) is 7.11 Å². The predicted molar refractivity (Wildman–Crippen MR) is 81.0 cm³/mol. The molecule has 0 spiro atoms. The van der Waals surface area contributed by atoms with Crippen LogP contribution in [-0.2, 0) is 9.53 Å². The number of esters is 1. The molecule has 1 heterocycles. The van der Waals surface area contributed by atoms with Crippen LogP contribution in [0.5, 0.6) is 11.5 Å². The quantitative estimate of drug-likeness (QED) is 0.673. The van der Waals surface area contributed by atoms with Gasteiger partial charge in [-0.1, -0.05) is 36.4 Å². The molecule has 5 nitrogen and oxygen atoms in total. The molecule has 5 heteroatoms. The smallest absolute Gasteiger partial charge is 0.356 e. The van der Waals surface area contributed by atoms with Gasteiger partial charge in [-0.25, -0.2) is 4.79 Å². The number of hydrogen-bond acceptors (Lipinski definition) is 5. The first-order valence-corrected chi connectivity index (χ1v) is 6.78. The highest BCUT2D eigenvalue weighted by Gasteiger charge is 2.28. The number of carbonyl (C=O) groups excluding carboxylic acids is 1. The first-order chi connectivity index (χ1) is 10.7. The van der Waals surface area contributed by atoms with Gasteiger partial charge in [0, 0.05) is 5.56 Å². The predicted octanol–water partition coefficient (Wildman–Crippen LogP) is 2.59. The Hall–Kier alpha value is -2.95. The SMILES string of the molecule is COc1cc(/C=C2/NC(c3ccccc3)OC2=O)ccc1O. The Kier molecular flexibility index (Phi) is 3.70. The fraction of sp³-hybridized carbons (Fsp3) is 0.118. The number of aromatic hydroxyl groups is 1. The maximum absolute atomic E-state index is 12.0. The number of benzene rings is 2. The monoisotopic (exact) mass is 297 g/mol. The molecule has 112 valence electrons. The number of methoxy groups -OCH3 is 1. The molecule has 1 fully saturated rings. The Labute approximate surface area is 127 Å². The lowest BCUT2D eigenvalue weighted by Gasteiger charge is -2.09. The number of phenols is 1. The van der Waals surface area contributed by atoms with E-state index in [2.05, 4.69) is 5.32 Å². The standard InChI is InChI=1S/C17H15NO4/c1-21-15-10-11(7-8-14(15)19)9-13-17(20)22-16(18-13)12-5-3-2-4-6-12/h2-10,16,18-19H,1H3/b13-9+. The van der Waals surface area contributed by atoms with Gasteiger partial charge in [-0.3, -0.25) is 0 Å². The summed E-state index contributed by atoms with van der Waals surface area (Å²) in [4.78, 5) is 12.0. The van der Waals surface area contributed by atoms with Gasteiger partial charge in [-0.05, 0) is 23.8 Å². The van der Waals surface area contributed by atoms with Gasteiger partial charge in [0.15, 0.2) is 17.7 Å². The van der Waals surface area contributed by atoms with Crippen molar-refractivity contribution in [2.45, 2.75) is 6.23 Å². The molecule has 1 unspecified atom stereocenters. The zero-order chi connectivity index (χ0) is 15.5. The molecule has 1 aliphatic heterocycles. The molecule has 22 heavy (non-hydrogen) atoms. The highest BCUT2D eigenvalue weighted by Crippen LogP contribution is 2.29. The molecule has 1 aliphatic rings. The van der Waals surface area contributed by atoms with Gasteiger partial charge in [0.25, 0.3) is 0 Å². The van der Waals surface area contributed by atoms with Crippen molar-refractivity contribution in [3.63, 3.8) is 0 Å². The second-order valence-electron chi connectivity index (χ2n) is 4.83. The number of rotatable bonds is 3. The van der Waals surface area contributed by atoms with Crippen molar-refractivity contribution in [3.05, 3.63) is 65.4 Å². The summed E-state index contributed by atoms with van der Waals surface area (Å²) in [7, 11) is 1.47. The first-order valence-electron chi connectivity index (χ1n) is 6.78. The van der Waals surface area contributed by atoms with E-state index in [0.29, 0.717) is 11.4 Å². The van der Waals surface area contributed by atoms with Gasteiger partial charge >= 0.3 is 5.97 Å². The number of carbonyl (C=O) groups is 1. The molecular weight excluding hydrogens is 282 g/mol. The average molecular weight is 297 g/mol. The second-order valence-corrected chi connectivity index (χ2v) is 4.83. The van der Waals surface area contributed by atoms with E-state index < -0.39 is 12.2 Å². The van der Waals surface area contributed by atoms with Crippen LogP contribution in [0.1, 0.15) is 17.4 Å². The van der Waals surface area contributed by atoms with Gasteiger partial charge < -0.3 is 19.9 Å². The van der Waals surface area contributed by atoms with Crippen molar-refractivity contribution < 1.29 is 19.4 Å². The van der Waals surface area contributed by atoms with E-state index in [0.717, 1.165) is 11.1 Å². The highest BCUT2D eigenvalue weighted by molar-refractivity contribution is 5.95. The lowest BCUT2D eigenvalue weighted by atomic mass is 10.1. The zero-order valence-corrected chi connectivity index (χ0v) is 11.9. The summed E-state index contributed by atoms with van der Waals surface area (Å²) < 4.78 is 10.4. The van der Waals surface area contributed by atoms with Gasteiger partial charge in [0.2, 0.25) is 0 Å². The van der Waals surface area contributed by atoms with Gasteiger partial charge in [-0.2, -0.15) is 0 Å². The third-order valence-electron chi connectivity index (χ3n) is 3.35. The molecule has 0 saturated carbocycles. The first kappa shape index (κ1) is 14.0. The minimum absolute atomic E-state index is 0.0498. The van der Waals surface area contributed by atoms with E-state index in [9.17, 15) is 9.90 Å². The van der Waals surface area contributed by atoms with E-state index in [1.165, 1.54) is 13.2 Å². The normalized spacial score (nSPS) is 18.9. The van der Waals surface area contributed by atoms with E-state index in [4.69, 9.17) is 9.47 Å². The molecule has 3 rings (SSSR count). The molecule has 0 amide bonds. The number of nitrogens with one attached hydrogen (secondary N) is 1. The number of hydrogen-bond donors (Lipinski definition) is 2. The fourth-order valence-electron chi connectivity index (χ4n) is 2.23. The summed E-state index contributed by atoms with van der Waals surface area (Å²) in [5.74, 6) is -0.0185. The minimum atomic E-state index is -0.487. The zero-order valence-electron chi connectivity index (χ0n) is 11.9. The molecule has 2 aromatic rings. The Balaban J connectivity index is 1.85. The van der Waals surface area contributed by atoms with E-state index in [1.807, 2.05) is 30.3 Å². The molecule has 0 bridgehead atoms. The van der Waals surface area contributed by atoms with Crippen LogP contribution in [0.2, 0.25) is 0 Å². The van der Waals surface area contributed by atoms with Crippen LogP contribution < -0.4 is 10.1 Å². The van der Waals surface area contributed by atoms with E-state index in [-0.39, 0.29) is 5.75 Å². The minimum Gasteiger partial charge on any atom is -0.504 e. The summed E-state index contributed by atoms with van der Waals surface area (Å²) in [6, 6.07) is 14.3.